The number of nitrogen functional groups attached to an aromatic ring is 1. The molecule has 0 aliphatic heterocycles. The van der Waals surface area contributed by atoms with Crippen LogP contribution in [0.5, 0.6) is 0 Å². The molecule has 0 aliphatic rings. The summed E-state index contributed by atoms with van der Waals surface area (Å²) in [4.78, 5) is 20.5. The molecule has 7 heteroatoms. The van der Waals surface area contributed by atoms with Gasteiger partial charge in [0.15, 0.2) is 0 Å². The number of anilines is 1. The van der Waals surface area contributed by atoms with Gasteiger partial charge in [-0.3, -0.25) is 0 Å². The van der Waals surface area contributed by atoms with Crippen LogP contribution in [0.3, 0.4) is 0 Å². The fraction of sp³-hybridized carbons (Fsp3) is 0.316. The second kappa shape index (κ2) is 6.96. The van der Waals surface area contributed by atoms with Gasteiger partial charge in [0.2, 0.25) is 0 Å². The van der Waals surface area contributed by atoms with Crippen LogP contribution in [0.15, 0.2) is 24.7 Å². The second-order valence-corrected chi connectivity index (χ2v) is 7.03. The third-order valence-electron chi connectivity index (χ3n) is 4.34. The van der Waals surface area contributed by atoms with Gasteiger partial charge in [-0.05, 0) is 24.0 Å². The Hall–Kier alpha value is -2.60. The van der Waals surface area contributed by atoms with E-state index in [-0.39, 0.29) is 11.8 Å². The molecule has 0 radical (unpaired) electrons. The number of hydrogen-bond donors (Lipinski definition) is 1. The molecule has 2 N–H and O–H groups in total. The molecule has 26 heavy (non-hydrogen) atoms. The average Bonchev–Trinajstić information content (AvgIpc) is 2.93. The number of methoxy groups -OCH3 is 1. The lowest BCUT2D eigenvalue weighted by Gasteiger charge is -2.13. The van der Waals surface area contributed by atoms with Gasteiger partial charge < -0.3 is 15.0 Å². The molecule has 0 unspecified atom stereocenters. The van der Waals surface area contributed by atoms with Crippen LogP contribution < -0.4 is 5.73 Å². The van der Waals surface area contributed by atoms with Crippen molar-refractivity contribution in [1.29, 1.82) is 0 Å². The zero-order chi connectivity index (χ0) is 19.0. The number of rotatable bonds is 4. The zero-order valence-electron chi connectivity index (χ0n) is 15.2. The number of nitrogens with zero attached hydrogens (tertiary/aromatic N) is 3. The number of benzene rings is 1. The monoisotopic (exact) mass is 372 g/mol. The van der Waals surface area contributed by atoms with Crippen molar-refractivity contribution in [3.8, 4) is 11.3 Å². The summed E-state index contributed by atoms with van der Waals surface area (Å²) in [5.74, 6) is 0.275. The summed E-state index contributed by atoms with van der Waals surface area (Å²) < 4.78 is 6.96. The van der Waals surface area contributed by atoms with E-state index in [9.17, 15) is 4.79 Å². The molecule has 0 saturated heterocycles. The maximum absolute atomic E-state index is 12.3. The second-order valence-electron chi connectivity index (χ2n) is 6.65. The highest BCUT2D eigenvalue weighted by Gasteiger charge is 2.22. The van der Waals surface area contributed by atoms with Gasteiger partial charge in [-0.25, -0.2) is 14.8 Å². The van der Waals surface area contributed by atoms with Gasteiger partial charge >= 0.3 is 5.97 Å². The minimum Gasteiger partial charge on any atom is -0.465 e. The van der Waals surface area contributed by atoms with Crippen molar-refractivity contribution in [2.45, 2.75) is 20.3 Å². The van der Waals surface area contributed by atoms with Crippen LogP contribution in [0, 0.1) is 5.92 Å². The van der Waals surface area contributed by atoms with Crippen LogP contribution in [-0.4, -0.2) is 27.6 Å². The van der Waals surface area contributed by atoms with Crippen molar-refractivity contribution < 1.29 is 9.53 Å². The lowest BCUT2D eigenvalue weighted by molar-refractivity contribution is 0.0599. The van der Waals surface area contributed by atoms with Gasteiger partial charge in [-0.2, -0.15) is 0 Å². The summed E-state index contributed by atoms with van der Waals surface area (Å²) in [6.45, 7) is 4.23. The standard InChI is InChI=1S/C19H21ClN4O2/c1-10(2)7-13-12(19(25)26-4)6-5-11-14(8-24(3)17(11)13)16-15(20)18(21)23-9-22-16/h5-6,8-10H,7H2,1-4H3,(H2,21,22,23). The fourth-order valence-electron chi connectivity index (χ4n) is 3.26. The summed E-state index contributed by atoms with van der Waals surface area (Å²) in [5, 5.41) is 1.28. The molecule has 2 aromatic heterocycles. The van der Waals surface area contributed by atoms with Crippen LogP contribution in [0.1, 0.15) is 29.8 Å². The Kier molecular flexibility index (Phi) is 4.87. The molecule has 1 aromatic carbocycles. The van der Waals surface area contributed by atoms with Crippen molar-refractivity contribution in [2.75, 3.05) is 12.8 Å². The molecule has 0 spiro atoms. The minimum atomic E-state index is -0.338. The lowest BCUT2D eigenvalue weighted by atomic mass is 9.94. The summed E-state index contributed by atoms with van der Waals surface area (Å²) in [5.41, 5.74) is 9.76. The van der Waals surface area contributed by atoms with Crippen LogP contribution in [0.25, 0.3) is 22.2 Å². The highest BCUT2D eigenvalue weighted by Crippen LogP contribution is 2.37. The lowest BCUT2D eigenvalue weighted by Crippen LogP contribution is -2.09. The van der Waals surface area contributed by atoms with Gasteiger partial charge in [-0.15, -0.1) is 0 Å². The summed E-state index contributed by atoms with van der Waals surface area (Å²) in [6, 6.07) is 3.70. The van der Waals surface area contributed by atoms with E-state index in [1.54, 1.807) is 6.07 Å². The van der Waals surface area contributed by atoms with E-state index in [1.165, 1.54) is 13.4 Å². The van der Waals surface area contributed by atoms with E-state index in [4.69, 9.17) is 22.1 Å². The average molecular weight is 373 g/mol. The number of esters is 1. The maximum atomic E-state index is 12.3. The first-order chi connectivity index (χ1) is 12.3. The first-order valence-electron chi connectivity index (χ1n) is 8.30. The first-order valence-corrected chi connectivity index (χ1v) is 8.68. The maximum Gasteiger partial charge on any atom is 0.338 e. The molecule has 0 bridgehead atoms. The molecule has 0 saturated carbocycles. The summed E-state index contributed by atoms with van der Waals surface area (Å²) in [6.07, 6.45) is 4.09. The Morgan fingerprint density at radius 3 is 2.73 bits per heavy atom. The number of aryl methyl sites for hydroxylation is 1. The van der Waals surface area contributed by atoms with E-state index >= 15 is 0 Å². The third kappa shape index (κ3) is 3.01. The van der Waals surface area contributed by atoms with Crippen LogP contribution in [-0.2, 0) is 18.2 Å². The Balaban J connectivity index is 2.33. The van der Waals surface area contributed by atoms with Crippen molar-refractivity contribution in [3.63, 3.8) is 0 Å². The molecule has 0 atom stereocenters. The molecule has 3 aromatic rings. The van der Waals surface area contributed by atoms with Gasteiger partial charge in [0.1, 0.15) is 17.2 Å². The molecular formula is C19H21ClN4O2. The Morgan fingerprint density at radius 1 is 1.35 bits per heavy atom. The quantitative estimate of drug-likeness (QED) is 0.703. The van der Waals surface area contributed by atoms with Crippen LogP contribution >= 0.6 is 11.6 Å². The number of nitrogens with two attached hydrogens (primary N) is 1. The number of halogens is 1. The number of carbonyl (C=O) groups excluding carboxylic acids is 1. The predicted molar refractivity (Wildman–Crippen MR) is 103 cm³/mol. The predicted octanol–water partition coefficient (Wildman–Crippen LogP) is 3.86. The minimum absolute atomic E-state index is 0.238. The van der Waals surface area contributed by atoms with Crippen molar-refractivity contribution in [3.05, 3.63) is 40.8 Å². The topological polar surface area (TPSA) is 83.0 Å². The number of fused-ring (bicyclic) bond motifs is 1. The molecule has 136 valence electrons. The molecule has 0 amide bonds. The van der Waals surface area contributed by atoms with Gasteiger partial charge in [0.05, 0.1) is 23.9 Å². The number of hydrogen-bond acceptors (Lipinski definition) is 5. The fourth-order valence-corrected chi connectivity index (χ4v) is 3.46. The van der Waals surface area contributed by atoms with E-state index in [0.29, 0.717) is 22.2 Å². The van der Waals surface area contributed by atoms with Crippen molar-refractivity contribution in [2.24, 2.45) is 13.0 Å². The molecule has 3 rings (SSSR count). The van der Waals surface area contributed by atoms with E-state index in [1.807, 2.05) is 23.9 Å². The SMILES string of the molecule is COC(=O)c1ccc2c(-c3ncnc(N)c3Cl)cn(C)c2c1CC(C)C. The molecule has 2 heterocycles. The van der Waals surface area contributed by atoms with Crippen molar-refractivity contribution in [1.82, 2.24) is 14.5 Å². The Bertz CT molecular complexity index is 995. The van der Waals surface area contributed by atoms with Gasteiger partial charge in [0, 0.05) is 24.2 Å². The number of ether oxygens (including phenoxy) is 1. The summed E-state index contributed by atoms with van der Waals surface area (Å²) >= 11 is 6.33. The van der Waals surface area contributed by atoms with E-state index < -0.39 is 0 Å². The zero-order valence-corrected chi connectivity index (χ0v) is 16.0. The molecular weight excluding hydrogens is 352 g/mol. The summed E-state index contributed by atoms with van der Waals surface area (Å²) in [7, 11) is 3.33. The Morgan fingerprint density at radius 2 is 2.08 bits per heavy atom. The van der Waals surface area contributed by atoms with Crippen LogP contribution in [0.4, 0.5) is 5.82 Å². The molecule has 0 aliphatic carbocycles. The largest absolute Gasteiger partial charge is 0.465 e. The normalized spacial score (nSPS) is 11.3. The molecule has 0 fully saturated rings. The number of aromatic nitrogens is 3. The Labute approximate surface area is 157 Å². The highest BCUT2D eigenvalue weighted by atomic mass is 35.5. The first kappa shape index (κ1) is 18.2. The van der Waals surface area contributed by atoms with Gasteiger partial charge in [-0.1, -0.05) is 31.5 Å². The van der Waals surface area contributed by atoms with E-state index in [0.717, 1.165) is 28.5 Å². The molecule has 6 nitrogen and oxygen atoms in total. The smallest absolute Gasteiger partial charge is 0.338 e. The third-order valence-corrected chi connectivity index (χ3v) is 4.71. The van der Waals surface area contributed by atoms with Crippen molar-refractivity contribution >= 4 is 34.3 Å². The van der Waals surface area contributed by atoms with Crippen LogP contribution in [0.2, 0.25) is 5.02 Å². The van der Waals surface area contributed by atoms with E-state index in [2.05, 4.69) is 23.8 Å². The number of carbonyl (C=O) groups is 1. The van der Waals surface area contributed by atoms with Gasteiger partial charge in [0.25, 0.3) is 0 Å². The highest BCUT2D eigenvalue weighted by molar-refractivity contribution is 6.35.